The van der Waals surface area contributed by atoms with Gasteiger partial charge in [-0.25, -0.2) is 0 Å². The molecule has 0 aliphatic carbocycles. The number of amides is 1. The zero-order valence-electron chi connectivity index (χ0n) is 29.5. The summed E-state index contributed by atoms with van der Waals surface area (Å²) in [5, 5.41) is 12.6. The van der Waals surface area contributed by atoms with Crippen molar-refractivity contribution in [3.8, 4) is 11.5 Å². The molecule has 1 unspecified atom stereocenters. The van der Waals surface area contributed by atoms with E-state index in [1.165, 1.54) is 18.1 Å². The number of hydrogen-bond donors (Lipinski definition) is 2. The third-order valence-corrected chi connectivity index (χ3v) is 9.64. The molecule has 0 bridgehead atoms. The number of aliphatic hydroxyl groups is 1. The van der Waals surface area contributed by atoms with Gasteiger partial charge in [0.05, 0.1) is 33.0 Å². The van der Waals surface area contributed by atoms with E-state index in [1.807, 2.05) is 66.7 Å². The van der Waals surface area contributed by atoms with E-state index in [-0.39, 0.29) is 37.2 Å². The van der Waals surface area contributed by atoms with Crippen LogP contribution in [-0.2, 0) is 49.9 Å². The van der Waals surface area contributed by atoms with Gasteiger partial charge in [-0.3, -0.25) is 14.5 Å². The van der Waals surface area contributed by atoms with Crippen molar-refractivity contribution in [1.82, 2.24) is 10.2 Å². The number of ether oxygens (including phenoxy) is 5. The van der Waals surface area contributed by atoms with E-state index in [4.69, 9.17) is 23.7 Å². The maximum atomic E-state index is 12.4. The molecule has 1 saturated heterocycles. The second-order valence-corrected chi connectivity index (χ2v) is 13.1. The smallest absolute Gasteiger partial charge is 0.303 e. The van der Waals surface area contributed by atoms with E-state index in [0.717, 1.165) is 58.8 Å². The van der Waals surface area contributed by atoms with Gasteiger partial charge in [-0.05, 0) is 58.9 Å². The van der Waals surface area contributed by atoms with E-state index in [0.29, 0.717) is 6.54 Å². The molecule has 5 atom stereocenters. The lowest BCUT2D eigenvalue weighted by Gasteiger charge is -2.45. The number of hydrogen-bond acceptors (Lipinski definition) is 9. The minimum atomic E-state index is -0.873. The number of nitrogens with zero attached hydrogens (tertiary/aromatic N) is 1. The van der Waals surface area contributed by atoms with Crippen molar-refractivity contribution in [2.45, 2.75) is 70.5 Å². The fourth-order valence-electron chi connectivity index (χ4n) is 6.95. The predicted octanol–water partition coefficient (Wildman–Crippen LogP) is 5.76. The zero-order valence-corrected chi connectivity index (χ0v) is 29.5. The van der Waals surface area contributed by atoms with Crippen LogP contribution in [0.2, 0.25) is 0 Å². The molecule has 51 heavy (non-hydrogen) atoms. The Labute approximate surface area is 299 Å². The first kappa shape index (κ1) is 36.1. The van der Waals surface area contributed by atoms with Crippen molar-refractivity contribution >= 4 is 11.9 Å². The molecule has 0 saturated carbocycles. The number of nitrogens with one attached hydrogen (secondary N) is 1. The molecule has 2 aliphatic heterocycles. The molecule has 2 aliphatic rings. The highest BCUT2D eigenvalue weighted by Crippen LogP contribution is 2.47. The Balaban J connectivity index is 1.28. The number of benzene rings is 4. The van der Waals surface area contributed by atoms with Gasteiger partial charge in [0, 0.05) is 44.6 Å². The maximum absolute atomic E-state index is 12.4. The van der Waals surface area contributed by atoms with E-state index in [2.05, 4.69) is 34.5 Å². The molecule has 10 heteroatoms. The lowest BCUT2D eigenvalue weighted by Crippen LogP contribution is -2.45. The summed E-state index contributed by atoms with van der Waals surface area (Å²) in [6.45, 7) is 5.34. The number of carbonyl (C=O) groups excluding carboxylic acids is 2. The van der Waals surface area contributed by atoms with Crippen LogP contribution in [0.25, 0.3) is 0 Å². The molecule has 2 heterocycles. The molecule has 4 aromatic rings. The largest absolute Gasteiger partial charge is 0.493 e. The summed E-state index contributed by atoms with van der Waals surface area (Å²) in [7, 11) is 3.32. The number of esters is 1. The van der Waals surface area contributed by atoms with Crippen LogP contribution in [0.1, 0.15) is 71.1 Å². The molecule has 0 spiro atoms. The first-order chi connectivity index (χ1) is 24.8. The van der Waals surface area contributed by atoms with Crippen molar-refractivity contribution in [2.75, 3.05) is 27.3 Å². The number of aliphatic hydroxyl groups excluding tert-OH is 1. The van der Waals surface area contributed by atoms with Gasteiger partial charge in [-0.1, -0.05) is 78.9 Å². The highest BCUT2D eigenvalue weighted by atomic mass is 16.7. The third-order valence-electron chi connectivity index (χ3n) is 9.64. The highest BCUT2D eigenvalue weighted by Gasteiger charge is 2.43. The van der Waals surface area contributed by atoms with Crippen LogP contribution in [0, 0.1) is 0 Å². The molecule has 10 nitrogen and oxygen atoms in total. The SMILES string of the molecule is COc1cc2c(cc1OC)CN(C[C@H]1OC(c3ccc(CNC(=O)[C@H](C)OC(C)=O)cc3)O[C@@H](c3ccc(CO)cc3)[C@@H]1c1ccccc1)CC2. The topological polar surface area (TPSA) is 116 Å². The standard InChI is InChI=1S/C41H46N2O8/c1-26(49-27(2)45)40(46)42-22-28-10-16-32(17-11-28)41-50-37(24-43-19-18-33-20-35(47-3)36(48-4)21-34(33)23-43)38(30-8-6-5-7-9-30)39(51-41)31-14-12-29(25-44)13-15-31/h5-17,20-21,26,37-39,41,44H,18-19,22-25H2,1-4H3,(H,42,46)/t26-,37+,38+,39-,41?/m0/s1. The number of rotatable bonds is 12. The normalized spacial score (nSPS) is 20.9. The van der Waals surface area contributed by atoms with Crippen LogP contribution in [-0.4, -0.2) is 61.4 Å². The molecule has 1 fully saturated rings. The van der Waals surface area contributed by atoms with Crippen molar-refractivity contribution in [3.05, 3.63) is 130 Å². The van der Waals surface area contributed by atoms with Crippen LogP contribution in [0.3, 0.4) is 0 Å². The summed E-state index contributed by atoms with van der Waals surface area (Å²) in [5.74, 6) is 0.468. The molecule has 0 radical (unpaired) electrons. The number of carbonyl (C=O) groups is 2. The Kier molecular flexibility index (Phi) is 11.7. The Bertz CT molecular complexity index is 1780. The molecule has 0 aromatic heterocycles. The van der Waals surface area contributed by atoms with Gasteiger partial charge >= 0.3 is 5.97 Å². The Hall–Kier alpha value is -4.74. The van der Waals surface area contributed by atoms with Gasteiger partial charge in [0.2, 0.25) is 0 Å². The zero-order chi connectivity index (χ0) is 35.9. The fourth-order valence-corrected chi connectivity index (χ4v) is 6.95. The van der Waals surface area contributed by atoms with E-state index in [9.17, 15) is 14.7 Å². The molecule has 4 aromatic carbocycles. The number of methoxy groups -OCH3 is 2. The Morgan fingerprint density at radius 1 is 0.863 bits per heavy atom. The first-order valence-electron chi connectivity index (χ1n) is 17.3. The Morgan fingerprint density at radius 3 is 2.16 bits per heavy atom. The number of fused-ring (bicyclic) bond motifs is 1. The van der Waals surface area contributed by atoms with E-state index in [1.54, 1.807) is 21.1 Å². The van der Waals surface area contributed by atoms with Gasteiger partial charge < -0.3 is 34.1 Å². The van der Waals surface area contributed by atoms with Gasteiger partial charge in [0.25, 0.3) is 5.91 Å². The molecule has 268 valence electrons. The predicted molar refractivity (Wildman–Crippen MR) is 191 cm³/mol. The summed E-state index contributed by atoms with van der Waals surface area (Å²) < 4.78 is 30.0. The second-order valence-electron chi connectivity index (χ2n) is 13.1. The minimum absolute atomic E-state index is 0.0369. The molecule has 6 rings (SSSR count). The highest BCUT2D eigenvalue weighted by molar-refractivity contribution is 5.82. The van der Waals surface area contributed by atoms with Crippen LogP contribution >= 0.6 is 0 Å². The second kappa shape index (κ2) is 16.5. The average molecular weight is 695 g/mol. The third kappa shape index (κ3) is 8.60. The summed E-state index contributed by atoms with van der Waals surface area (Å²) in [6, 6.07) is 30.3. The molecule has 1 amide bonds. The average Bonchev–Trinajstić information content (AvgIpc) is 3.16. The molecular weight excluding hydrogens is 648 g/mol. The monoisotopic (exact) mass is 694 g/mol. The van der Waals surface area contributed by atoms with E-state index >= 15 is 0 Å². The van der Waals surface area contributed by atoms with Crippen LogP contribution < -0.4 is 14.8 Å². The lowest BCUT2D eigenvalue weighted by molar-refractivity contribution is -0.263. The summed E-state index contributed by atoms with van der Waals surface area (Å²) in [4.78, 5) is 26.1. The quantitative estimate of drug-likeness (QED) is 0.179. The minimum Gasteiger partial charge on any atom is -0.493 e. The first-order valence-corrected chi connectivity index (χ1v) is 17.3. The van der Waals surface area contributed by atoms with Crippen molar-refractivity contribution in [3.63, 3.8) is 0 Å². The van der Waals surface area contributed by atoms with Gasteiger partial charge in [0.1, 0.15) is 0 Å². The van der Waals surface area contributed by atoms with Crippen LogP contribution in [0.5, 0.6) is 11.5 Å². The summed E-state index contributed by atoms with van der Waals surface area (Å²) in [6.07, 6.45) is -1.24. The maximum Gasteiger partial charge on any atom is 0.303 e. The van der Waals surface area contributed by atoms with Gasteiger partial charge in [-0.15, -0.1) is 0 Å². The van der Waals surface area contributed by atoms with Gasteiger partial charge in [-0.2, -0.15) is 0 Å². The van der Waals surface area contributed by atoms with Crippen LogP contribution in [0.15, 0.2) is 91.0 Å². The van der Waals surface area contributed by atoms with E-state index < -0.39 is 18.4 Å². The molecule has 2 N–H and O–H groups in total. The fraction of sp³-hybridized carbons (Fsp3) is 0.366. The van der Waals surface area contributed by atoms with Crippen molar-refractivity contribution in [1.29, 1.82) is 0 Å². The Morgan fingerprint density at radius 2 is 1.51 bits per heavy atom. The van der Waals surface area contributed by atoms with Crippen molar-refractivity contribution < 1.29 is 38.4 Å². The molecular formula is C41H46N2O8. The summed E-state index contributed by atoms with van der Waals surface area (Å²) in [5.41, 5.74) is 7.16. The van der Waals surface area contributed by atoms with Crippen molar-refractivity contribution in [2.24, 2.45) is 0 Å². The summed E-state index contributed by atoms with van der Waals surface area (Å²) >= 11 is 0. The lowest BCUT2D eigenvalue weighted by atomic mass is 9.82. The van der Waals surface area contributed by atoms with Crippen LogP contribution in [0.4, 0.5) is 0 Å². The van der Waals surface area contributed by atoms with Gasteiger partial charge in [0.15, 0.2) is 23.9 Å².